The molecule has 5 heteroatoms. The summed E-state index contributed by atoms with van der Waals surface area (Å²) in [7, 11) is 0. The Labute approximate surface area is 85.1 Å². The lowest BCUT2D eigenvalue weighted by Crippen LogP contribution is -2.08. The first kappa shape index (κ1) is 11.7. The average Bonchev–Trinajstić information content (AvgIpc) is 2.17. The normalized spacial score (nSPS) is 11.4. The van der Waals surface area contributed by atoms with E-state index in [1.807, 2.05) is 0 Å². The smallest absolute Gasteiger partial charge is 0.294 e. The molecule has 0 aromatic carbocycles. The Bertz CT molecular complexity index is 321. The number of carbonyl (C=O) groups is 1. The van der Waals surface area contributed by atoms with Crippen LogP contribution in [-0.2, 0) is 0 Å². The average molecular weight is 217 g/mol. The van der Waals surface area contributed by atoms with E-state index in [0.717, 1.165) is 0 Å². The van der Waals surface area contributed by atoms with Gasteiger partial charge >= 0.3 is 6.18 Å². The number of ketones is 1. The van der Waals surface area contributed by atoms with Crippen molar-refractivity contribution in [2.45, 2.75) is 25.4 Å². The van der Waals surface area contributed by atoms with Crippen LogP contribution in [0.15, 0.2) is 24.5 Å². The van der Waals surface area contributed by atoms with Gasteiger partial charge in [0, 0.05) is 30.8 Å². The second kappa shape index (κ2) is 4.91. The van der Waals surface area contributed by atoms with E-state index >= 15 is 0 Å². The number of hydrogen-bond acceptors (Lipinski definition) is 2. The summed E-state index contributed by atoms with van der Waals surface area (Å²) >= 11 is 0. The zero-order valence-corrected chi connectivity index (χ0v) is 7.92. The second-order valence-corrected chi connectivity index (χ2v) is 3.13. The lowest BCUT2D eigenvalue weighted by Gasteiger charge is -2.04. The lowest BCUT2D eigenvalue weighted by molar-refractivity contribution is -0.135. The molecule has 1 heterocycles. The molecule has 1 aromatic heterocycles. The van der Waals surface area contributed by atoms with Gasteiger partial charge in [-0.05, 0) is 18.6 Å². The molecule has 15 heavy (non-hydrogen) atoms. The van der Waals surface area contributed by atoms with Crippen LogP contribution >= 0.6 is 0 Å². The van der Waals surface area contributed by atoms with Gasteiger partial charge in [-0.1, -0.05) is 0 Å². The largest absolute Gasteiger partial charge is 0.389 e. The molecule has 2 nitrogen and oxygen atoms in total. The zero-order valence-electron chi connectivity index (χ0n) is 7.92. The van der Waals surface area contributed by atoms with Crippen molar-refractivity contribution in [3.63, 3.8) is 0 Å². The first-order chi connectivity index (χ1) is 6.99. The number of halogens is 3. The second-order valence-electron chi connectivity index (χ2n) is 3.13. The molecule has 0 radical (unpaired) electrons. The van der Waals surface area contributed by atoms with Gasteiger partial charge in [0.15, 0.2) is 5.78 Å². The van der Waals surface area contributed by atoms with Gasteiger partial charge in [0.2, 0.25) is 0 Å². The number of aromatic nitrogens is 1. The molecule has 0 aliphatic carbocycles. The number of pyridine rings is 1. The van der Waals surface area contributed by atoms with E-state index in [2.05, 4.69) is 4.98 Å². The molecular formula is C10H10F3NO. The highest BCUT2D eigenvalue weighted by molar-refractivity contribution is 5.95. The zero-order chi connectivity index (χ0) is 11.3. The first-order valence-corrected chi connectivity index (χ1v) is 4.49. The topological polar surface area (TPSA) is 30.0 Å². The van der Waals surface area contributed by atoms with Gasteiger partial charge < -0.3 is 0 Å². The predicted octanol–water partition coefficient (Wildman–Crippen LogP) is 3.00. The molecule has 0 aliphatic heterocycles. The third kappa shape index (κ3) is 4.58. The van der Waals surface area contributed by atoms with Crippen LogP contribution in [0.25, 0.3) is 0 Å². The SMILES string of the molecule is O=C(CCCC(F)(F)F)c1ccncc1. The van der Waals surface area contributed by atoms with Crippen LogP contribution in [0, 0.1) is 0 Å². The van der Waals surface area contributed by atoms with Crippen LogP contribution in [0.2, 0.25) is 0 Å². The van der Waals surface area contributed by atoms with Crippen molar-refractivity contribution in [2.75, 3.05) is 0 Å². The summed E-state index contributed by atoms with van der Waals surface area (Å²) in [6.45, 7) is 0. The highest BCUT2D eigenvalue weighted by Crippen LogP contribution is 2.22. The quantitative estimate of drug-likeness (QED) is 0.725. The van der Waals surface area contributed by atoms with E-state index < -0.39 is 12.6 Å². The third-order valence-electron chi connectivity index (χ3n) is 1.87. The number of carbonyl (C=O) groups excluding carboxylic acids is 1. The van der Waals surface area contributed by atoms with Crippen LogP contribution < -0.4 is 0 Å². The molecule has 82 valence electrons. The molecule has 0 saturated heterocycles. The highest BCUT2D eigenvalue weighted by atomic mass is 19.4. The highest BCUT2D eigenvalue weighted by Gasteiger charge is 2.26. The summed E-state index contributed by atoms with van der Waals surface area (Å²) in [6.07, 6.45) is -2.45. The molecule has 0 spiro atoms. The monoisotopic (exact) mass is 217 g/mol. The maximum Gasteiger partial charge on any atom is 0.389 e. The lowest BCUT2D eigenvalue weighted by atomic mass is 10.1. The summed E-state index contributed by atoms with van der Waals surface area (Å²) < 4.78 is 35.4. The molecule has 0 aliphatic rings. The van der Waals surface area contributed by atoms with Gasteiger partial charge in [-0.2, -0.15) is 13.2 Å². The number of hydrogen-bond donors (Lipinski definition) is 0. The number of Topliss-reactive ketones (excluding diaryl/α,β-unsaturated/α-hetero) is 1. The number of nitrogens with zero attached hydrogens (tertiary/aromatic N) is 1. The molecule has 1 rings (SSSR count). The maximum absolute atomic E-state index is 11.8. The minimum Gasteiger partial charge on any atom is -0.294 e. The molecule has 0 saturated carbocycles. The Hall–Kier alpha value is -1.39. The fraction of sp³-hybridized carbons (Fsp3) is 0.400. The maximum atomic E-state index is 11.8. The van der Waals surface area contributed by atoms with E-state index in [1.165, 1.54) is 24.5 Å². The summed E-state index contributed by atoms with van der Waals surface area (Å²) in [5.41, 5.74) is 0.409. The van der Waals surface area contributed by atoms with Gasteiger partial charge in [-0.3, -0.25) is 9.78 Å². The predicted molar refractivity (Wildman–Crippen MR) is 48.5 cm³/mol. The van der Waals surface area contributed by atoms with Gasteiger partial charge in [-0.15, -0.1) is 0 Å². The van der Waals surface area contributed by atoms with E-state index in [-0.39, 0.29) is 18.6 Å². The van der Waals surface area contributed by atoms with Crippen LogP contribution in [-0.4, -0.2) is 16.9 Å². The Morgan fingerprint density at radius 1 is 1.27 bits per heavy atom. The van der Waals surface area contributed by atoms with E-state index in [9.17, 15) is 18.0 Å². The van der Waals surface area contributed by atoms with Gasteiger partial charge in [0.1, 0.15) is 0 Å². The summed E-state index contributed by atoms with van der Waals surface area (Å²) in [4.78, 5) is 15.1. The van der Waals surface area contributed by atoms with E-state index in [1.54, 1.807) is 0 Å². The van der Waals surface area contributed by atoms with Crippen molar-refractivity contribution in [1.29, 1.82) is 0 Å². The van der Waals surface area contributed by atoms with Gasteiger partial charge in [-0.25, -0.2) is 0 Å². The minimum atomic E-state index is -4.18. The first-order valence-electron chi connectivity index (χ1n) is 4.49. The third-order valence-corrected chi connectivity index (χ3v) is 1.87. The van der Waals surface area contributed by atoms with E-state index in [0.29, 0.717) is 5.56 Å². The molecule has 0 unspecified atom stereocenters. The van der Waals surface area contributed by atoms with Crippen LogP contribution in [0.1, 0.15) is 29.6 Å². The Kier molecular flexibility index (Phi) is 3.82. The van der Waals surface area contributed by atoms with Crippen molar-refractivity contribution in [3.05, 3.63) is 30.1 Å². The Morgan fingerprint density at radius 2 is 1.87 bits per heavy atom. The van der Waals surface area contributed by atoms with Gasteiger partial charge in [0.05, 0.1) is 0 Å². The fourth-order valence-electron chi connectivity index (χ4n) is 1.13. The van der Waals surface area contributed by atoms with Crippen molar-refractivity contribution >= 4 is 5.78 Å². The summed E-state index contributed by atoms with van der Waals surface area (Å²) in [6, 6.07) is 2.99. The van der Waals surface area contributed by atoms with Crippen molar-refractivity contribution in [3.8, 4) is 0 Å². The Morgan fingerprint density at radius 3 is 2.40 bits per heavy atom. The molecule has 0 N–H and O–H groups in total. The number of rotatable bonds is 4. The van der Waals surface area contributed by atoms with Crippen molar-refractivity contribution in [1.82, 2.24) is 4.98 Å². The minimum absolute atomic E-state index is 0.0798. The molecule has 0 bridgehead atoms. The van der Waals surface area contributed by atoms with Crippen LogP contribution in [0.5, 0.6) is 0 Å². The molecule has 0 atom stereocenters. The van der Waals surface area contributed by atoms with Gasteiger partial charge in [0.25, 0.3) is 0 Å². The fourth-order valence-corrected chi connectivity index (χ4v) is 1.13. The number of alkyl halides is 3. The molecule has 0 amide bonds. The Balaban J connectivity index is 2.38. The van der Waals surface area contributed by atoms with Crippen LogP contribution in [0.4, 0.5) is 13.2 Å². The van der Waals surface area contributed by atoms with E-state index in [4.69, 9.17) is 0 Å². The summed E-state index contributed by atoms with van der Waals surface area (Å²) in [5, 5.41) is 0. The van der Waals surface area contributed by atoms with Crippen molar-refractivity contribution < 1.29 is 18.0 Å². The standard InChI is InChI=1S/C10H10F3NO/c11-10(12,13)5-1-2-9(15)8-3-6-14-7-4-8/h3-4,6-7H,1-2,5H2. The van der Waals surface area contributed by atoms with Crippen LogP contribution in [0.3, 0.4) is 0 Å². The van der Waals surface area contributed by atoms with Crippen molar-refractivity contribution in [2.24, 2.45) is 0 Å². The summed E-state index contributed by atoms with van der Waals surface area (Å²) in [5.74, 6) is -0.276. The molecule has 0 fully saturated rings. The molecule has 1 aromatic rings. The molecular weight excluding hydrogens is 207 g/mol.